The van der Waals surface area contributed by atoms with E-state index in [0.29, 0.717) is 38.5 Å². The molecule has 4 N–H and O–H groups in total. The number of rotatable bonds is 10. The molecule has 162 valence electrons. The van der Waals surface area contributed by atoms with Crippen LogP contribution < -0.4 is 5.32 Å². The van der Waals surface area contributed by atoms with Crippen LogP contribution in [0.25, 0.3) is 0 Å². The first kappa shape index (κ1) is 21.6. The number of nitrogens with one attached hydrogen (secondary N) is 1. The molecule has 0 radical (unpaired) electrons. The van der Waals surface area contributed by atoms with Crippen molar-refractivity contribution in [1.29, 1.82) is 0 Å². The van der Waals surface area contributed by atoms with Crippen LogP contribution >= 0.6 is 0 Å². The summed E-state index contributed by atoms with van der Waals surface area (Å²) in [5, 5.41) is 31.0. The molecule has 4 rings (SSSR count). The summed E-state index contributed by atoms with van der Waals surface area (Å²) in [6.45, 7) is 1.47. The minimum absolute atomic E-state index is 0.0279. The molecule has 0 aromatic heterocycles. The smallest absolute Gasteiger partial charge is 0.303 e. The van der Waals surface area contributed by atoms with E-state index in [1.165, 1.54) is 6.92 Å². The number of carboxylic acids is 3. The highest BCUT2D eigenvalue weighted by molar-refractivity contribution is 5.74. The van der Waals surface area contributed by atoms with Crippen molar-refractivity contribution in [3.8, 4) is 0 Å². The Morgan fingerprint density at radius 3 is 1.21 bits per heavy atom. The predicted molar refractivity (Wildman–Crippen MR) is 102 cm³/mol. The molecule has 0 aromatic carbocycles. The van der Waals surface area contributed by atoms with Gasteiger partial charge in [-0.15, -0.1) is 0 Å². The van der Waals surface area contributed by atoms with Crippen LogP contribution in [0.5, 0.6) is 0 Å². The molecule has 1 amide bonds. The zero-order valence-corrected chi connectivity index (χ0v) is 17.0. The van der Waals surface area contributed by atoms with Gasteiger partial charge in [-0.2, -0.15) is 0 Å². The summed E-state index contributed by atoms with van der Waals surface area (Å²) in [5.74, 6) is -2.75. The average Bonchev–Trinajstić information content (AvgIpc) is 2.54. The zero-order chi connectivity index (χ0) is 21.5. The van der Waals surface area contributed by atoms with Gasteiger partial charge in [-0.1, -0.05) is 0 Å². The van der Waals surface area contributed by atoms with Crippen LogP contribution in [0.4, 0.5) is 0 Å². The van der Waals surface area contributed by atoms with E-state index >= 15 is 0 Å². The lowest BCUT2D eigenvalue weighted by Gasteiger charge is -2.71. The number of carbonyl (C=O) groups is 4. The second-order valence-corrected chi connectivity index (χ2v) is 10.2. The van der Waals surface area contributed by atoms with Crippen LogP contribution in [0, 0.1) is 16.2 Å². The molecule has 0 aliphatic heterocycles. The van der Waals surface area contributed by atoms with Crippen LogP contribution in [0.1, 0.15) is 84.0 Å². The summed E-state index contributed by atoms with van der Waals surface area (Å²) in [7, 11) is 0. The summed E-state index contributed by atoms with van der Waals surface area (Å²) in [6, 6.07) is 0. The summed E-state index contributed by atoms with van der Waals surface area (Å²) < 4.78 is 0. The highest BCUT2D eigenvalue weighted by Gasteiger charge is 2.67. The molecule has 0 atom stereocenters. The number of hydrogen-bond acceptors (Lipinski definition) is 4. The molecular formula is C21H31NO7. The van der Waals surface area contributed by atoms with Gasteiger partial charge in [-0.25, -0.2) is 0 Å². The van der Waals surface area contributed by atoms with Gasteiger partial charge in [0.15, 0.2) is 0 Å². The topological polar surface area (TPSA) is 141 Å². The van der Waals surface area contributed by atoms with Gasteiger partial charge in [0.1, 0.15) is 0 Å². The Morgan fingerprint density at radius 2 is 0.966 bits per heavy atom. The van der Waals surface area contributed by atoms with E-state index in [1.807, 2.05) is 0 Å². The highest BCUT2D eigenvalue weighted by Crippen LogP contribution is 2.74. The Balaban J connectivity index is 2.00. The van der Waals surface area contributed by atoms with Crippen molar-refractivity contribution in [2.75, 3.05) is 0 Å². The van der Waals surface area contributed by atoms with Gasteiger partial charge in [0.2, 0.25) is 5.91 Å². The summed E-state index contributed by atoms with van der Waals surface area (Å²) in [5.41, 5.74) is -1.40. The largest absolute Gasteiger partial charge is 0.481 e. The maximum absolute atomic E-state index is 12.0. The Kier molecular flexibility index (Phi) is 5.43. The van der Waals surface area contributed by atoms with Crippen molar-refractivity contribution in [3.63, 3.8) is 0 Å². The van der Waals surface area contributed by atoms with E-state index < -0.39 is 23.4 Å². The Morgan fingerprint density at radius 1 is 0.655 bits per heavy atom. The van der Waals surface area contributed by atoms with Gasteiger partial charge >= 0.3 is 17.9 Å². The highest BCUT2D eigenvalue weighted by atomic mass is 16.4. The van der Waals surface area contributed by atoms with E-state index in [1.54, 1.807) is 0 Å². The lowest BCUT2D eigenvalue weighted by atomic mass is 9.35. The standard InChI is InChI=1S/C21H31NO7/c1-14(23)22-21-11-18(5-2-15(24)25)8-19(12-21,6-3-16(26)27)10-20(9-18,13-21)7-4-17(28)29/h2-13H2,1H3,(H,22,23)(H,24,25)(H,26,27)(H,28,29). The Bertz CT molecular complexity index is 639. The molecule has 8 nitrogen and oxygen atoms in total. The van der Waals surface area contributed by atoms with Crippen molar-refractivity contribution < 1.29 is 34.5 Å². The molecule has 4 aliphatic carbocycles. The van der Waals surface area contributed by atoms with Crippen LogP contribution in [0.15, 0.2) is 0 Å². The fourth-order valence-electron chi connectivity index (χ4n) is 7.71. The third-order valence-corrected chi connectivity index (χ3v) is 7.44. The lowest BCUT2D eigenvalue weighted by molar-refractivity contribution is -0.192. The van der Waals surface area contributed by atoms with Crippen LogP contribution in [0.3, 0.4) is 0 Å². The van der Waals surface area contributed by atoms with Crippen LogP contribution in [-0.2, 0) is 19.2 Å². The van der Waals surface area contributed by atoms with Crippen molar-refractivity contribution in [2.24, 2.45) is 16.2 Å². The SMILES string of the molecule is CC(=O)NC12CC3(CCC(=O)O)CC(CCC(=O)O)(CC(CCC(=O)O)(C3)C1)C2. The third kappa shape index (κ3) is 4.56. The minimum Gasteiger partial charge on any atom is -0.481 e. The molecule has 29 heavy (non-hydrogen) atoms. The molecule has 4 aliphatic rings. The maximum atomic E-state index is 12.0. The second-order valence-electron chi connectivity index (χ2n) is 10.2. The number of hydrogen-bond donors (Lipinski definition) is 4. The first-order valence-corrected chi connectivity index (χ1v) is 10.4. The molecule has 0 heterocycles. The van der Waals surface area contributed by atoms with Gasteiger partial charge in [0.25, 0.3) is 0 Å². The Labute approximate surface area is 170 Å². The average molecular weight is 409 g/mol. The van der Waals surface area contributed by atoms with E-state index in [9.17, 15) is 34.5 Å². The van der Waals surface area contributed by atoms with Gasteiger partial charge in [-0.05, 0) is 74.0 Å². The number of carbonyl (C=O) groups excluding carboxylic acids is 1. The van der Waals surface area contributed by atoms with Crippen molar-refractivity contribution in [3.05, 3.63) is 0 Å². The fraction of sp³-hybridized carbons (Fsp3) is 0.810. The molecule has 4 saturated carbocycles. The number of amides is 1. The first-order valence-electron chi connectivity index (χ1n) is 10.4. The van der Waals surface area contributed by atoms with Gasteiger partial charge < -0.3 is 20.6 Å². The number of aliphatic carboxylic acids is 3. The lowest BCUT2D eigenvalue weighted by Crippen LogP contribution is -2.69. The Hall–Kier alpha value is -2.12. The molecule has 0 saturated heterocycles. The fourth-order valence-corrected chi connectivity index (χ4v) is 7.71. The van der Waals surface area contributed by atoms with E-state index in [4.69, 9.17) is 0 Å². The van der Waals surface area contributed by atoms with E-state index in [-0.39, 0.29) is 41.4 Å². The van der Waals surface area contributed by atoms with Gasteiger partial charge in [-0.3, -0.25) is 19.2 Å². The van der Waals surface area contributed by atoms with Crippen molar-refractivity contribution >= 4 is 23.8 Å². The van der Waals surface area contributed by atoms with Crippen molar-refractivity contribution in [2.45, 2.75) is 89.5 Å². The summed E-state index contributed by atoms with van der Waals surface area (Å²) in [4.78, 5) is 46.0. The van der Waals surface area contributed by atoms with Crippen LogP contribution in [0.2, 0.25) is 0 Å². The zero-order valence-electron chi connectivity index (χ0n) is 17.0. The van der Waals surface area contributed by atoms with E-state index in [0.717, 1.165) is 19.3 Å². The molecule has 4 bridgehead atoms. The number of carboxylic acid groups (broad SMARTS) is 3. The molecule has 0 unspecified atom stereocenters. The maximum Gasteiger partial charge on any atom is 0.303 e. The third-order valence-electron chi connectivity index (χ3n) is 7.44. The summed E-state index contributed by atoms with van der Waals surface area (Å²) >= 11 is 0. The van der Waals surface area contributed by atoms with Gasteiger partial charge in [0, 0.05) is 31.7 Å². The molecule has 0 aromatic rings. The summed E-state index contributed by atoms with van der Waals surface area (Å²) in [6.07, 6.45) is 5.88. The molecule has 8 heteroatoms. The predicted octanol–water partition coefficient (Wildman–Crippen LogP) is 2.80. The minimum atomic E-state index is -0.867. The van der Waals surface area contributed by atoms with Crippen LogP contribution in [-0.4, -0.2) is 44.7 Å². The second kappa shape index (κ2) is 7.29. The molecular weight excluding hydrogens is 378 g/mol. The monoisotopic (exact) mass is 409 g/mol. The molecule has 4 fully saturated rings. The normalized spacial score (nSPS) is 37.3. The first-order chi connectivity index (χ1) is 13.4. The molecule has 0 spiro atoms. The van der Waals surface area contributed by atoms with Crippen molar-refractivity contribution in [1.82, 2.24) is 5.32 Å². The van der Waals surface area contributed by atoms with E-state index in [2.05, 4.69) is 5.32 Å². The quantitative estimate of drug-likeness (QED) is 0.435. The van der Waals surface area contributed by atoms with Gasteiger partial charge in [0.05, 0.1) is 0 Å².